The zero-order valence-corrected chi connectivity index (χ0v) is 11.7. The van der Waals surface area contributed by atoms with Gasteiger partial charge in [-0.3, -0.25) is 4.79 Å². The number of hydrogen-bond acceptors (Lipinski definition) is 5. The van der Waals surface area contributed by atoms with E-state index in [-0.39, 0.29) is 11.7 Å². The fourth-order valence-corrected chi connectivity index (χ4v) is 2.48. The molecule has 0 atom stereocenters. The first-order chi connectivity index (χ1) is 9.10. The molecular formula is C13H16N4OS. The van der Waals surface area contributed by atoms with Crippen LogP contribution in [0.3, 0.4) is 0 Å². The van der Waals surface area contributed by atoms with Crippen molar-refractivity contribution in [1.29, 1.82) is 0 Å². The largest absolute Gasteiger partial charge is 0.382 e. The van der Waals surface area contributed by atoms with Crippen LogP contribution in [-0.2, 0) is 0 Å². The number of carbonyl (C=O) groups excluding carboxylic acids is 1. The lowest BCUT2D eigenvalue weighted by Gasteiger charge is -2.04. The van der Waals surface area contributed by atoms with Crippen molar-refractivity contribution >= 4 is 33.9 Å². The molecule has 19 heavy (non-hydrogen) atoms. The van der Waals surface area contributed by atoms with E-state index in [9.17, 15) is 4.79 Å². The Morgan fingerprint density at radius 3 is 2.95 bits per heavy atom. The second kappa shape index (κ2) is 5.71. The Bertz CT molecular complexity index is 594. The molecule has 4 N–H and O–H groups in total. The molecular weight excluding hydrogens is 260 g/mol. The molecule has 0 aliphatic heterocycles. The Kier molecular flexibility index (Phi) is 4.01. The standard InChI is InChI=1S/C13H16N4OS/c1-3-15-13-17-11(14)10(19-13)12(18)16-9-6-4-5-8(2)7-9/h4-7H,3,14H2,1-2H3,(H,15,17)(H,16,18). The topological polar surface area (TPSA) is 80.0 Å². The van der Waals surface area contributed by atoms with Gasteiger partial charge in [-0.25, -0.2) is 4.98 Å². The molecule has 5 nitrogen and oxygen atoms in total. The van der Waals surface area contributed by atoms with Gasteiger partial charge < -0.3 is 16.4 Å². The Morgan fingerprint density at radius 1 is 1.47 bits per heavy atom. The highest BCUT2D eigenvalue weighted by Crippen LogP contribution is 2.25. The Morgan fingerprint density at radius 2 is 2.26 bits per heavy atom. The summed E-state index contributed by atoms with van der Waals surface area (Å²) in [6.07, 6.45) is 0. The quantitative estimate of drug-likeness (QED) is 0.802. The Balaban J connectivity index is 2.15. The molecule has 0 aliphatic rings. The zero-order valence-electron chi connectivity index (χ0n) is 10.9. The van der Waals surface area contributed by atoms with E-state index in [1.54, 1.807) is 0 Å². The first-order valence-electron chi connectivity index (χ1n) is 5.98. The molecule has 0 fully saturated rings. The molecule has 6 heteroatoms. The maximum atomic E-state index is 12.1. The molecule has 0 saturated carbocycles. The van der Waals surface area contributed by atoms with Crippen LogP contribution in [0.25, 0.3) is 0 Å². The normalized spacial score (nSPS) is 10.2. The summed E-state index contributed by atoms with van der Waals surface area (Å²) in [7, 11) is 0. The maximum absolute atomic E-state index is 12.1. The van der Waals surface area contributed by atoms with Gasteiger partial charge in [0.15, 0.2) is 5.13 Å². The number of aromatic nitrogens is 1. The number of amides is 1. The Hall–Kier alpha value is -2.08. The van der Waals surface area contributed by atoms with E-state index < -0.39 is 0 Å². The monoisotopic (exact) mass is 276 g/mol. The van der Waals surface area contributed by atoms with Gasteiger partial charge >= 0.3 is 0 Å². The summed E-state index contributed by atoms with van der Waals surface area (Å²) in [4.78, 5) is 16.6. The highest BCUT2D eigenvalue weighted by atomic mass is 32.1. The number of thiazole rings is 1. The second-order valence-electron chi connectivity index (χ2n) is 4.09. The van der Waals surface area contributed by atoms with E-state index in [1.807, 2.05) is 38.1 Å². The molecule has 100 valence electrons. The van der Waals surface area contributed by atoms with Crippen LogP contribution in [0.15, 0.2) is 24.3 Å². The summed E-state index contributed by atoms with van der Waals surface area (Å²) in [5.41, 5.74) is 7.59. The minimum absolute atomic E-state index is 0.232. The fraction of sp³-hybridized carbons (Fsp3) is 0.231. The number of rotatable bonds is 4. The summed E-state index contributed by atoms with van der Waals surface area (Å²) in [5, 5.41) is 6.52. The van der Waals surface area contributed by atoms with Gasteiger partial charge in [0.25, 0.3) is 5.91 Å². The molecule has 0 radical (unpaired) electrons. The molecule has 0 aliphatic carbocycles. The van der Waals surface area contributed by atoms with Gasteiger partial charge in [0.2, 0.25) is 0 Å². The summed E-state index contributed by atoms with van der Waals surface area (Å²) in [6, 6.07) is 7.61. The molecule has 0 spiro atoms. The van der Waals surface area contributed by atoms with Crippen molar-refractivity contribution in [3.05, 3.63) is 34.7 Å². The highest BCUT2D eigenvalue weighted by Gasteiger charge is 2.16. The average Bonchev–Trinajstić information content (AvgIpc) is 2.71. The van der Waals surface area contributed by atoms with Gasteiger partial charge in [-0.05, 0) is 31.5 Å². The number of carbonyl (C=O) groups is 1. The number of nitrogen functional groups attached to an aromatic ring is 1. The third-order valence-electron chi connectivity index (χ3n) is 2.46. The molecule has 2 rings (SSSR count). The summed E-state index contributed by atoms with van der Waals surface area (Å²) in [6.45, 7) is 4.68. The zero-order chi connectivity index (χ0) is 13.8. The highest BCUT2D eigenvalue weighted by molar-refractivity contribution is 7.18. The van der Waals surface area contributed by atoms with Crippen LogP contribution in [0.4, 0.5) is 16.6 Å². The maximum Gasteiger partial charge on any atom is 0.269 e. The van der Waals surface area contributed by atoms with Gasteiger partial charge in [0, 0.05) is 12.2 Å². The molecule has 1 aromatic carbocycles. The van der Waals surface area contributed by atoms with Crippen molar-refractivity contribution in [1.82, 2.24) is 4.98 Å². The number of nitrogens with one attached hydrogen (secondary N) is 2. The third-order valence-corrected chi connectivity index (χ3v) is 3.49. The lowest BCUT2D eigenvalue weighted by Crippen LogP contribution is -2.12. The van der Waals surface area contributed by atoms with Gasteiger partial charge in [-0.15, -0.1) is 0 Å². The van der Waals surface area contributed by atoms with E-state index in [1.165, 1.54) is 11.3 Å². The molecule has 2 aromatic rings. The smallest absolute Gasteiger partial charge is 0.269 e. The molecule has 0 bridgehead atoms. The molecule has 1 amide bonds. The van der Waals surface area contributed by atoms with Crippen molar-refractivity contribution in [3.8, 4) is 0 Å². The van der Waals surface area contributed by atoms with E-state index in [4.69, 9.17) is 5.73 Å². The van der Waals surface area contributed by atoms with Crippen molar-refractivity contribution in [2.24, 2.45) is 0 Å². The summed E-state index contributed by atoms with van der Waals surface area (Å²) in [5.74, 6) is 0.0239. The minimum atomic E-state index is -0.232. The van der Waals surface area contributed by atoms with Gasteiger partial charge in [-0.1, -0.05) is 23.5 Å². The minimum Gasteiger partial charge on any atom is -0.382 e. The van der Waals surface area contributed by atoms with Crippen molar-refractivity contribution in [2.75, 3.05) is 22.9 Å². The van der Waals surface area contributed by atoms with Gasteiger partial charge in [-0.2, -0.15) is 0 Å². The predicted octanol–water partition coefficient (Wildman–Crippen LogP) is 2.72. The van der Waals surface area contributed by atoms with E-state index >= 15 is 0 Å². The van der Waals surface area contributed by atoms with Crippen LogP contribution < -0.4 is 16.4 Å². The van der Waals surface area contributed by atoms with Crippen molar-refractivity contribution < 1.29 is 4.79 Å². The molecule has 1 heterocycles. The lowest BCUT2D eigenvalue weighted by atomic mass is 10.2. The van der Waals surface area contributed by atoms with Crippen LogP contribution in [-0.4, -0.2) is 17.4 Å². The Labute approximate surface area is 115 Å². The summed E-state index contributed by atoms with van der Waals surface area (Å²) < 4.78 is 0. The van der Waals surface area contributed by atoms with Crippen LogP contribution >= 0.6 is 11.3 Å². The predicted molar refractivity (Wildman–Crippen MR) is 79.8 cm³/mol. The third kappa shape index (κ3) is 3.23. The fourth-order valence-electron chi connectivity index (χ4n) is 1.63. The lowest BCUT2D eigenvalue weighted by molar-refractivity contribution is 0.103. The average molecular weight is 276 g/mol. The van der Waals surface area contributed by atoms with Crippen LogP contribution in [0.2, 0.25) is 0 Å². The summed E-state index contributed by atoms with van der Waals surface area (Å²) >= 11 is 1.26. The van der Waals surface area contributed by atoms with Crippen LogP contribution in [0.1, 0.15) is 22.2 Å². The van der Waals surface area contributed by atoms with E-state index in [0.29, 0.717) is 10.0 Å². The number of nitrogens with zero attached hydrogens (tertiary/aromatic N) is 1. The first kappa shape index (κ1) is 13.4. The van der Waals surface area contributed by atoms with E-state index in [0.717, 1.165) is 17.8 Å². The van der Waals surface area contributed by atoms with Crippen molar-refractivity contribution in [2.45, 2.75) is 13.8 Å². The van der Waals surface area contributed by atoms with Gasteiger partial charge in [0.1, 0.15) is 10.7 Å². The number of benzene rings is 1. The van der Waals surface area contributed by atoms with E-state index in [2.05, 4.69) is 15.6 Å². The van der Waals surface area contributed by atoms with Crippen molar-refractivity contribution in [3.63, 3.8) is 0 Å². The molecule has 1 aromatic heterocycles. The number of hydrogen-bond donors (Lipinski definition) is 3. The second-order valence-corrected chi connectivity index (χ2v) is 5.09. The number of nitrogens with two attached hydrogens (primary N) is 1. The number of aryl methyl sites for hydroxylation is 1. The SMILES string of the molecule is CCNc1nc(N)c(C(=O)Nc2cccc(C)c2)s1. The molecule has 0 unspecified atom stereocenters. The number of anilines is 3. The van der Waals surface area contributed by atoms with Gasteiger partial charge in [0.05, 0.1) is 0 Å². The van der Waals surface area contributed by atoms with Crippen LogP contribution in [0.5, 0.6) is 0 Å². The molecule has 0 saturated heterocycles. The van der Waals surface area contributed by atoms with Crippen LogP contribution in [0, 0.1) is 6.92 Å². The first-order valence-corrected chi connectivity index (χ1v) is 6.80.